The Balaban J connectivity index is 2.60. The molecule has 0 unspecified atom stereocenters. The van der Waals surface area contributed by atoms with Gasteiger partial charge in [-0.1, -0.05) is 39.5 Å². The maximum absolute atomic E-state index is 12.6. The molecular formula is C18H31N3OS. The topological polar surface area (TPSA) is 46.1 Å². The Morgan fingerprint density at radius 1 is 1.04 bits per heavy atom. The molecule has 0 fully saturated rings. The number of aromatic nitrogens is 2. The standard InChI is InChI=1S/C18H31N3OS/c1-13(2)7-9-21(10-8-14(3)4)17(22)12-23-18-19-15(5)11-16(6)20-18/h11,13-14H,7-10,12H2,1-6H3. The highest BCUT2D eigenvalue weighted by Gasteiger charge is 2.15. The van der Waals surface area contributed by atoms with Crippen LogP contribution in [0.4, 0.5) is 0 Å². The monoisotopic (exact) mass is 337 g/mol. The van der Waals surface area contributed by atoms with Gasteiger partial charge in [0.25, 0.3) is 0 Å². The average molecular weight is 338 g/mol. The second-order valence-corrected chi connectivity index (χ2v) is 7.91. The molecule has 0 aromatic carbocycles. The molecule has 1 heterocycles. The number of aryl methyl sites for hydroxylation is 2. The van der Waals surface area contributed by atoms with E-state index in [1.54, 1.807) is 0 Å². The van der Waals surface area contributed by atoms with Crippen molar-refractivity contribution in [2.45, 2.75) is 59.5 Å². The van der Waals surface area contributed by atoms with Crippen molar-refractivity contribution in [1.82, 2.24) is 14.9 Å². The summed E-state index contributed by atoms with van der Waals surface area (Å²) in [7, 11) is 0. The van der Waals surface area contributed by atoms with Crippen LogP contribution in [0, 0.1) is 25.7 Å². The molecule has 0 saturated heterocycles. The Morgan fingerprint density at radius 2 is 1.52 bits per heavy atom. The summed E-state index contributed by atoms with van der Waals surface area (Å²) in [6, 6.07) is 1.95. The number of nitrogens with zero attached hydrogens (tertiary/aromatic N) is 3. The number of hydrogen-bond acceptors (Lipinski definition) is 4. The van der Waals surface area contributed by atoms with Crippen molar-refractivity contribution in [3.63, 3.8) is 0 Å². The van der Waals surface area contributed by atoms with Crippen LogP contribution in [-0.4, -0.2) is 39.6 Å². The quantitative estimate of drug-likeness (QED) is 0.502. The van der Waals surface area contributed by atoms with Crippen LogP contribution in [-0.2, 0) is 4.79 Å². The molecule has 1 amide bonds. The van der Waals surface area contributed by atoms with Crippen LogP contribution in [0.15, 0.2) is 11.2 Å². The Bertz CT molecular complexity index is 471. The number of amides is 1. The van der Waals surface area contributed by atoms with Gasteiger partial charge in [-0.3, -0.25) is 4.79 Å². The van der Waals surface area contributed by atoms with Crippen molar-refractivity contribution in [3.05, 3.63) is 17.5 Å². The summed E-state index contributed by atoms with van der Waals surface area (Å²) in [5.74, 6) is 1.83. The van der Waals surface area contributed by atoms with Crippen molar-refractivity contribution in [2.75, 3.05) is 18.8 Å². The molecule has 130 valence electrons. The Labute approximate surface area is 145 Å². The van der Waals surface area contributed by atoms with Gasteiger partial charge in [-0.15, -0.1) is 0 Å². The summed E-state index contributed by atoms with van der Waals surface area (Å²) in [5, 5.41) is 0.698. The number of carbonyl (C=O) groups excluding carboxylic acids is 1. The van der Waals surface area contributed by atoms with Crippen molar-refractivity contribution < 1.29 is 4.79 Å². The lowest BCUT2D eigenvalue weighted by Crippen LogP contribution is -2.35. The zero-order valence-corrected chi connectivity index (χ0v) is 16.2. The predicted molar refractivity (Wildman–Crippen MR) is 97.7 cm³/mol. The van der Waals surface area contributed by atoms with Crippen molar-refractivity contribution in [1.29, 1.82) is 0 Å². The zero-order valence-electron chi connectivity index (χ0n) is 15.4. The fourth-order valence-electron chi connectivity index (χ4n) is 2.16. The van der Waals surface area contributed by atoms with Gasteiger partial charge in [0.05, 0.1) is 5.75 Å². The van der Waals surface area contributed by atoms with Gasteiger partial charge in [-0.2, -0.15) is 0 Å². The maximum atomic E-state index is 12.6. The van der Waals surface area contributed by atoms with E-state index in [9.17, 15) is 4.79 Å². The van der Waals surface area contributed by atoms with Crippen LogP contribution in [0.25, 0.3) is 0 Å². The van der Waals surface area contributed by atoms with E-state index in [-0.39, 0.29) is 5.91 Å². The van der Waals surface area contributed by atoms with E-state index in [1.165, 1.54) is 11.8 Å². The van der Waals surface area contributed by atoms with Crippen molar-refractivity contribution >= 4 is 17.7 Å². The van der Waals surface area contributed by atoms with E-state index in [0.717, 1.165) is 37.3 Å². The number of rotatable bonds is 9. The molecule has 23 heavy (non-hydrogen) atoms. The second-order valence-electron chi connectivity index (χ2n) is 6.97. The molecule has 5 heteroatoms. The first kappa shape index (κ1) is 19.9. The molecule has 0 aliphatic rings. The summed E-state index contributed by atoms with van der Waals surface area (Å²) < 4.78 is 0. The third-order valence-corrected chi connectivity index (χ3v) is 4.42. The van der Waals surface area contributed by atoms with Crippen molar-refractivity contribution in [2.24, 2.45) is 11.8 Å². The summed E-state index contributed by atoms with van der Waals surface area (Å²) in [5.41, 5.74) is 1.90. The van der Waals surface area contributed by atoms with E-state index in [2.05, 4.69) is 37.7 Å². The summed E-state index contributed by atoms with van der Waals surface area (Å²) in [4.78, 5) is 23.4. The molecule has 0 bridgehead atoms. The molecule has 0 radical (unpaired) electrons. The van der Waals surface area contributed by atoms with Gasteiger partial charge in [0.15, 0.2) is 5.16 Å². The zero-order chi connectivity index (χ0) is 17.4. The molecule has 4 nitrogen and oxygen atoms in total. The smallest absolute Gasteiger partial charge is 0.233 e. The first-order valence-corrected chi connectivity index (χ1v) is 9.49. The molecule has 0 aliphatic heterocycles. The van der Waals surface area contributed by atoms with Crippen LogP contribution >= 0.6 is 11.8 Å². The first-order chi connectivity index (χ1) is 10.8. The average Bonchev–Trinajstić information content (AvgIpc) is 2.43. The minimum atomic E-state index is 0.194. The fourth-order valence-corrected chi connectivity index (χ4v) is 3.02. The number of hydrogen-bond donors (Lipinski definition) is 0. The van der Waals surface area contributed by atoms with Crippen LogP contribution < -0.4 is 0 Å². The Morgan fingerprint density at radius 3 is 1.96 bits per heavy atom. The summed E-state index contributed by atoms with van der Waals surface area (Å²) >= 11 is 1.44. The third kappa shape index (κ3) is 8.35. The maximum Gasteiger partial charge on any atom is 0.233 e. The van der Waals surface area contributed by atoms with Crippen LogP contribution in [0.3, 0.4) is 0 Å². The van der Waals surface area contributed by atoms with Crippen LogP contribution in [0.1, 0.15) is 51.9 Å². The number of thioether (sulfide) groups is 1. The van der Waals surface area contributed by atoms with Crippen molar-refractivity contribution in [3.8, 4) is 0 Å². The highest BCUT2D eigenvalue weighted by atomic mass is 32.2. The third-order valence-electron chi connectivity index (χ3n) is 3.59. The lowest BCUT2D eigenvalue weighted by atomic mass is 10.1. The predicted octanol–water partition coefficient (Wildman–Crippen LogP) is 4.11. The van der Waals surface area contributed by atoms with E-state index in [4.69, 9.17) is 0 Å². The molecule has 0 aliphatic carbocycles. The van der Waals surface area contributed by atoms with E-state index >= 15 is 0 Å². The molecule has 0 saturated carbocycles. The lowest BCUT2D eigenvalue weighted by Gasteiger charge is -2.24. The highest BCUT2D eigenvalue weighted by molar-refractivity contribution is 7.99. The Hall–Kier alpha value is -1.10. The van der Waals surface area contributed by atoms with Gasteiger partial charge in [-0.05, 0) is 44.6 Å². The van der Waals surface area contributed by atoms with Gasteiger partial charge in [-0.25, -0.2) is 9.97 Å². The second kappa shape index (κ2) is 9.91. The van der Waals surface area contributed by atoms with E-state index < -0.39 is 0 Å². The number of carbonyl (C=O) groups is 1. The molecule has 0 atom stereocenters. The largest absolute Gasteiger partial charge is 0.342 e. The summed E-state index contributed by atoms with van der Waals surface area (Å²) in [6.45, 7) is 14.4. The molecule has 0 N–H and O–H groups in total. The first-order valence-electron chi connectivity index (χ1n) is 8.50. The molecule has 1 aromatic rings. The van der Waals surface area contributed by atoms with Crippen LogP contribution in [0.2, 0.25) is 0 Å². The minimum absolute atomic E-state index is 0.194. The van der Waals surface area contributed by atoms with Gasteiger partial charge < -0.3 is 4.90 Å². The molecule has 0 spiro atoms. The van der Waals surface area contributed by atoms with Gasteiger partial charge in [0, 0.05) is 24.5 Å². The van der Waals surface area contributed by atoms with Gasteiger partial charge >= 0.3 is 0 Å². The molecule has 1 aromatic heterocycles. The normalized spacial score (nSPS) is 11.3. The van der Waals surface area contributed by atoms with E-state index in [0.29, 0.717) is 22.7 Å². The van der Waals surface area contributed by atoms with Gasteiger partial charge in [0.2, 0.25) is 5.91 Å². The van der Waals surface area contributed by atoms with E-state index in [1.807, 2.05) is 24.8 Å². The van der Waals surface area contributed by atoms with Gasteiger partial charge in [0.1, 0.15) is 0 Å². The SMILES string of the molecule is Cc1cc(C)nc(SCC(=O)N(CCC(C)C)CCC(C)C)n1. The van der Waals surface area contributed by atoms with Crippen LogP contribution in [0.5, 0.6) is 0 Å². The summed E-state index contributed by atoms with van der Waals surface area (Å²) in [6.07, 6.45) is 2.10. The lowest BCUT2D eigenvalue weighted by molar-refractivity contribution is -0.128. The molecular weight excluding hydrogens is 306 g/mol. The highest BCUT2D eigenvalue weighted by Crippen LogP contribution is 2.16. The molecule has 1 rings (SSSR count). The minimum Gasteiger partial charge on any atom is -0.342 e. The Kier molecular flexibility index (Phi) is 8.59. The fraction of sp³-hybridized carbons (Fsp3) is 0.722.